The second-order valence-corrected chi connectivity index (χ2v) is 4.45. The standard InChI is InChI=1S/C12H18S/c1-4-8-13-12-7-6-10(3)9-11(12)5-2/h6-7,9H,4-5,8H2,1-3H3. The Morgan fingerprint density at radius 2 is 2.00 bits per heavy atom. The van der Waals surface area contributed by atoms with Crippen molar-refractivity contribution in [3.8, 4) is 0 Å². The molecule has 0 atom stereocenters. The summed E-state index contributed by atoms with van der Waals surface area (Å²) < 4.78 is 0. The molecule has 0 saturated carbocycles. The normalized spacial score (nSPS) is 10.4. The highest BCUT2D eigenvalue weighted by molar-refractivity contribution is 7.99. The van der Waals surface area contributed by atoms with Gasteiger partial charge in [0, 0.05) is 4.90 Å². The Hall–Kier alpha value is -0.430. The molecule has 0 saturated heterocycles. The molecule has 0 aliphatic heterocycles. The molecule has 0 amide bonds. The van der Waals surface area contributed by atoms with E-state index >= 15 is 0 Å². The van der Waals surface area contributed by atoms with Crippen LogP contribution >= 0.6 is 11.8 Å². The summed E-state index contributed by atoms with van der Waals surface area (Å²) in [6.07, 6.45) is 2.40. The van der Waals surface area contributed by atoms with E-state index in [0.717, 1.165) is 6.42 Å². The molecule has 1 rings (SSSR count). The molecule has 72 valence electrons. The van der Waals surface area contributed by atoms with Crippen LogP contribution in [0.4, 0.5) is 0 Å². The third kappa shape index (κ3) is 3.07. The average molecular weight is 194 g/mol. The second-order valence-electron chi connectivity index (χ2n) is 3.31. The SMILES string of the molecule is CCCSc1ccc(C)cc1CC. The van der Waals surface area contributed by atoms with Gasteiger partial charge in [-0.25, -0.2) is 0 Å². The third-order valence-electron chi connectivity index (χ3n) is 2.06. The van der Waals surface area contributed by atoms with Gasteiger partial charge in [-0.1, -0.05) is 31.5 Å². The van der Waals surface area contributed by atoms with Gasteiger partial charge < -0.3 is 0 Å². The largest absolute Gasteiger partial charge is 0.126 e. The van der Waals surface area contributed by atoms with Gasteiger partial charge in [0.25, 0.3) is 0 Å². The van der Waals surface area contributed by atoms with Crippen LogP contribution in [0.3, 0.4) is 0 Å². The van der Waals surface area contributed by atoms with Gasteiger partial charge in [-0.15, -0.1) is 11.8 Å². The lowest BCUT2D eigenvalue weighted by Crippen LogP contribution is -1.87. The minimum Gasteiger partial charge on any atom is -0.126 e. The molecule has 0 aromatic heterocycles. The molecule has 0 spiro atoms. The van der Waals surface area contributed by atoms with Gasteiger partial charge in [-0.3, -0.25) is 0 Å². The van der Waals surface area contributed by atoms with E-state index in [1.54, 1.807) is 0 Å². The monoisotopic (exact) mass is 194 g/mol. The summed E-state index contributed by atoms with van der Waals surface area (Å²) >= 11 is 1.98. The highest BCUT2D eigenvalue weighted by Crippen LogP contribution is 2.24. The highest BCUT2D eigenvalue weighted by Gasteiger charge is 2.00. The van der Waals surface area contributed by atoms with E-state index in [-0.39, 0.29) is 0 Å². The Labute approximate surface area is 85.7 Å². The number of hydrogen-bond acceptors (Lipinski definition) is 1. The fourth-order valence-electron chi connectivity index (χ4n) is 1.34. The van der Waals surface area contributed by atoms with Crippen LogP contribution in [0.1, 0.15) is 31.4 Å². The van der Waals surface area contributed by atoms with Gasteiger partial charge in [-0.05, 0) is 37.1 Å². The van der Waals surface area contributed by atoms with Crippen LogP contribution in [0.15, 0.2) is 23.1 Å². The van der Waals surface area contributed by atoms with Gasteiger partial charge in [0.05, 0.1) is 0 Å². The average Bonchev–Trinajstić information content (AvgIpc) is 2.16. The summed E-state index contributed by atoms with van der Waals surface area (Å²) in [7, 11) is 0. The molecular formula is C12H18S. The van der Waals surface area contributed by atoms with E-state index in [4.69, 9.17) is 0 Å². The molecule has 0 unspecified atom stereocenters. The van der Waals surface area contributed by atoms with Crippen LogP contribution in [-0.4, -0.2) is 5.75 Å². The molecule has 0 bridgehead atoms. The number of hydrogen-bond donors (Lipinski definition) is 0. The molecule has 0 nitrogen and oxygen atoms in total. The quantitative estimate of drug-likeness (QED) is 0.651. The van der Waals surface area contributed by atoms with Crippen molar-refractivity contribution < 1.29 is 0 Å². The fraction of sp³-hybridized carbons (Fsp3) is 0.500. The summed E-state index contributed by atoms with van der Waals surface area (Å²) in [5, 5.41) is 0. The fourth-order valence-corrected chi connectivity index (χ4v) is 2.31. The summed E-state index contributed by atoms with van der Waals surface area (Å²) in [6.45, 7) is 6.62. The Morgan fingerprint density at radius 1 is 1.23 bits per heavy atom. The maximum atomic E-state index is 2.30. The first kappa shape index (κ1) is 10.6. The molecule has 0 aliphatic carbocycles. The lowest BCUT2D eigenvalue weighted by molar-refractivity contribution is 1.06. The summed E-state index contributed by atoms with van der Waals surface area (Å²) in [5.74, 6) is 1.23. The van der Waals surface area contributed by atoms with E-state index in [0.29, 0.717) is 0 Å². The summed E-state index contributed by atoms with van der Waals surface area (Å²) in [6, 6.07) is 6.77. The van der Waals surface area contributed by atoms with E-state index in [1.807, 2.05) is 11.8 Å². The van der Waals surface area contributed by atoms with Crippen molar-refractivity contribution in [3.05, 3.63) is 29.3 Å². The molecule has 1 heteroatoms. The zero-order valence-electron chi connectivity index (χ0n) is 8.76. The maximum absolute atomic E-state index is 2.30. The summed E-state index contributed by atoms with van der Waals surface area (Å²) in [4.78, 5) is 1.47. The van der Waals surface area contributed by atoms with Gasteiger partial charge >= 0.3 is 0 Å². The van der Waals surface area contributed by atoms with Crippen molar-refractivity contribution in [1.29, 1.82) is 0 Å². The Balaban J connectivity index is 2.79. The van der Waals surface area contributed by atoms with Gasteiger partial charge in [0.2, 0.25) is 0 Å². The predicted molar refractivity (Wildman–Crippen MR) is 61.6 cm³/mol. The van der Waals surface area contributed by atoms with Crippen molar-refractivity contribution in [1.82, 2.24) is 0 Å². The van der Waals surface area contributed by atoms with Crippen molar-refractivity contribution in [2.75, 3.05) is 5.75 Å². The first-order valence-electron chi connectivity index (χ1n) is 5.00. The minimum absolute atomic E-state index is 1.15. The van der Waals surface area contributed by atoms with E-state index in [9.17, 15) is 0 Å². The van der Waals surface area contributed by atoms with Gasteiger partial charge in [-0.2, -0.15) is 0 Å². The molecule has 0 aliphatic rings. The van der Waals surface area contributed by atoms with Crippen LogP contribution < -0.4 is 0 Å². The lowest BCUT2D eigenvalue weighted by atomic mass is 10.1. The van der Waals surface area contributed by atoms with Crippen LogP contribution in [0.2, 0.25) is 0 Å². The van der Waals surface area contributed by atoms with E-state index in [1.165, 1.54) is 28.2 Å². The first-order chi connectivity index (χ1) is 6.27. The van der Waals surface area contributed by atoms with Crippen LogP contribution in [-0.2, 0) is 6.42 Å². The highest BCUT2D eigenvalue weighted by atomic mass is 32.2. The number of rotatable bonds is 4. The number of aryl methyl sites for hydroxylation is 2. The molecular weight excluding hydrogens is 176 g/mol. The van der Waals surface area contributed by atoms with Crippen molar-refractivity contribution in [2.45, 2.75) is 38.5 Å². The van der Waals surface area contributed by atoms with Gasteiger partial charge in [0.15, 0.2) is 0 Å². The zero-order chi connectivity index (χ0) is 9.68. The minimum atomic E-state index is 1.15. The Morgan fingerprint density at radius 3 is 2.62 bits per heavy atom. The zero-order valence-corrected chi connectivity index (χ0v) is 9.58. The third-order valence-corrected chi connectivity index (χ3v) is 3.38. The van der Waals surface area contributed by atoms with Gasteiger partial charge in [0.1, 0.15) is 0 Å². The topological polar surface area (TPSA) is 0 Å². The predicted octanol–water partition coefficient (Wildman–Crippen LogP) is 4.06. The van der Waals surface area contributed by atoms with Crippen molar-refractivity contribution in [3.63, 3.8) is 0 Å². The summed E-state index contributed by atoms with van der Waals surface area (Å²) in [5.41, 5.74) is 2.87. The molecule has 0 fully saturated rings. The Bertz CT molecular complexity index is 266. The molecule has 0 radical (unpaired) electrons. The van der Waals surface area contributed by atoms with Crippen molar-refractivity contribution in [2.24, 2.45) is 0 Å². The smallest absolute Gasteiger partial charge is 0.0104 e. The van der Waals surface area contributed by atoms with Crippen LogP contribution in [0.5, 0.6) is 0 Å². The Kier molecular flexibility index (Phi) is 4.37. The molecule has 0 heterocycles. The number of benzene rings is 1. The van der Waals surface area contributed by atoms with E-state index in [2.05, 4.69) is 39.0 Å². The van der Waals surface area contributed by atoms with E-state index < -0.39 is 0 Å². The molecule has 0 N–H and O–H groups in total. The first-order valence-corrected chi connectivity index (χ1v) is 5.98. The number of thioether (sulfide) groups is 1. The second kappa shape index (κ2) is 5.33. The molecule has 1 aromatic carbocycles. The lowest BCUT2D eigenvalue weighted by Gasteiger charge is -2.07. The van der Waals surface area contributed by atoms with Crippen LogP contribution in [0.25, 0.3) is 0 Å². The van der Waals surface area contributed by atoms with Crippen LogP contribution in [0, 0.1) is 6.92 Å². The molecule has 1 aromatic rings. The van der Waals surface area contributed by atoms with Crippen molar-refractivity contribution >= 4 is 11.8 Å². The molecule has 13 heavy (non-hydrogen) atoms. The maximum Gasteiger partial charge on any atom is 0.0104 e.